The standard InChI is InChI=1S/C15H29N5O2.HI/c1-11(2)14(22)18-6-7-19-15(17-3)20-8-4-5-12(10-20)9-13(16)21;/h11-12H,4-10H2,1-3H3,(H2,16,21)(H,17,19)(H,18,22);1H. The van der Waals surface area contributed by atoms with Crippen molar-refractivity contribution in [1.82, 2.24) is 15.5 Å². The van der Waals surface area contributed by atoms with Gasteiger partial charge in [-0.2, -0.15) is 0 Å². The summed E-state index contributed by atoms with van der Waals surface area (Å²) in [6, 6.07) is 0. The van der Waals surface area contributed by atoms with Crippen LogP contribution >= 0.6 is 24.0 Å². The molecule has 1 aliphatic heterocycles. The van der Waals surface area contributed by atoms with E-state index in [4.69, 9.17) is 5.73 Å². The summed E-state index contributed by atoms with van der Waals surface area (Å²) < 4.78 is 0. The lowest BCUT2D eigenvalue weighted by Gasteiger charge is -2.34. The van der Waals surface area contributed by atoms with Crippen molar-refractivity contribution in [3.05, 3.63) is 0 Å². The first-order valence-corrected chi connectivity index (χ1v) is 7.95. The van der Waals surface area contributed by atoms with Gasteiger partial charge < -0.3 is 21.3 Å². The summed E-state index contributed by atoms with van der Waals surface area (Å²) in [5.41, 5.74) is 5.28. The monoisotopic (exact) mass is 439 g/mol. The molecule has 0 radical (unpaired) electrons. The number of nitrogens with two attached hydrogens (primary N) is 1. The van der Waals surface area contributed by atoms with Crippen LogP contribution in [0.4, 0.5) is 0 Å². The molecule has 0 saturated carbocycles. The first kappa shape index (κ1) is 21.9. The second-order valence-electron chi connectivity index (χ2n) is 6.04. The molecule has 8 heteroatoms. The number of aliphatic imine (C=N–C) groups is 1. The zero-order valence-corrected chi connectivity index (χ0v) is 16.6. The Bertz CT molecular complexity index is 415. The van der Waals surface area contributed by atoms with E-state index in [0.29, 0.717) is 25.4 Å². The second kappa shape index (κ2) is 11.5. The van der Waals surface area contributed by atoms with Gasteiger partial charge in [0.05, 0.1) is 0 Å². The molecule has 1 saturated heterocycles. The normalized spacial score (nSPS) is 18.3. The quantitative estimate of drug-likeness (QED) is 0.244. The van der Waals surface area contributed by atoms with Crippen LogP contribution in [0, 0.1) is 11.8 Å². The van der Waals surface area contributed by atoms with E-state index in [2.05, 4.69) is 20.5 Å². The number of guanidine groups is 1. The highest BCUT2D eigenvalue weighted by molar-refractivity contribution is 14.0. The summed E-state index contributed by atoms with van der Waals surface area (Å²) in [5, 5.41) is 6.12. The fourth-order valence-electron chi connectivity index (χ4n) is 2.60. The summed E-state index contributed by atoms with van der Waals surface area (Å²) in [4.78, 5) is 29.0. The van der Waals surface area contributed by atoms with Crippen LogP contribution in [0.5, 0.6) is 0 Å². The Morgan fingerprint density at radius 2 is 1.96 bits per heavy atom. The Kier molecular flexibility index (Phi) is 10.9. The molecule has 23 heavy (non-hydrogen) atoms. The number of hydrogen-bond acceptors (Lipinski definition) is 3. The second-order valence-corrected chi connectivity index (χ2v) is 6.04. The van der Waals surface area contributed by atoms with Crippen LogP contribution in [0.15, 0.2) is 4.99 Å². The van der Waals surface area contributed by atoms with E-state index in [0.717, 1.165) is 31.9 Å². The summed E-state index contributed by atoms with van der Waals surface area (Å²) in [6.07, 6.45) is 2.49. The first-order valence-electron chi connectivity index (χ1n) is 7.95. The minimum Gasteiger partial charge on any atom is -0.370 e. The molecule has 0 aromatic heterocycles. The minimum absolute atomic E-state index is 0. The van der Waals surface area contributed by atoms with Gasteiger partial charge in [0.15, 0.2) is 5.96 Å². The number of amides is 2. The number of nitrogens with one attached hydrogen (secondary N) is 2. The van der Waals surface area contributed by atoms with Gasteiger partial charge in [0.1, 0.15) is 0 Å². The summed E-state index contributed by atoms with van der Waals surface area (Å²) in [7, 11) is 1.74. The predicted molar refractivity (Wildman–Crippen MR) is 103 cm³/mol. The summed E-state index contributed by atoms with van der Waals surface area (Å²) in [5.74, 6) is 0.914. The van der Waals surface area contributed by atoms with E-state index >= 15 is 0 Å². The highest BCUT2D eigenvalue weighted by atomic mass is 127. The number of carbonyl (C=O) groups is 2. The van der Waals surface area contributed by atoms with Crippen LogP contribution in [0.2, 0.25) is 0 Å². The van der Waals surface area contributed by atoms with Gasteiger partial charge in [-0.1, -0.05) is 13.8 Å². The highest BCUT2D eigenvalue weighted by Crippen LogP contribution is 2.19. The van der Waals surface area contributed by atoms with Crippen LogP contribution < -0.4 is 16.4 Å². The molecule has 1 rings (SSSR count). The number of piperidine rings is 1. The molecule has 1 heterocycles. The molecule has 0 bridgehead atoms. The zero-order valence-electron chi connectivity index (χ0n) is 14.3. The van der Waals surface area contributed by atoms with Crippen LogP contribution in [0.3, 0.4) is 0 Å². The third-order valence-electron chi connectivity index (χ3n) is 3.75. The molecule has 1 aliphatic rings. The molecule has 4 N–H and O–H groups in total. The van der Waals surface area contributed by atoms with Crippen molar-refractivity contribution >= 4 is 41.8 Å². The Labute approximate surface area is 155 Å². The van der Waals surface area contributed by atoms with Gasteiger partial charge >= 0.3 is 0 Å². The van der Waals surface area contributed by atoms with Gasteiger partial charge in [0.2, 0.25) is 11.8 Å². The largest absolute Gasteiger partial charge is 0.370 e. The van der Waals surface area contributed by atoms with Crippen molar-refractivity contribution in [3.8, 4) is 0 Å². The number of carbonyl (C=O) groups excluding carboxylic acids is 2. The number of halogens is 1. The van der Waals surface area contributed by atoms with Crippen LogP contribution in [-0.4, -0.2) is 55.9 Å². The van der Waals surface area contributed by atoms with Crippen LogP contribution in [0.1, 0.15) is 33.1 Å². The zero-order chi connectivity index (χ0) is 16.5. The van der Waals surface area contributed by atoms with Crippen molar-refractivity contribution < 1.29 is 9.59 Å². The predicted octanol–water partition coefficient (Wildman–Crippen LogP) is 0.539. The van der Waals surface area contributed by atoms with Gasteiger partial charge in [-0.05, 0) is 18.8 Å². The third-order valence-corrected chi connectivity index (χ3v) is 3.75. The van der Waals surface area contributed by atoms with Crippen molar-refractivity contribution in [2.75, 3.05) is 33.2 Å². The lowest BCUT2D eigenvalue weighted by Crippen LogP contribution is -2.48. The van der Waals surface area contributed by atoms with E-state index < -0.39 is 0 Å². The summed E-state index contributed by atoms with van der Waals surface area (Å²) >= 11 is 0. The van der Waals surface area contributed by atoms with Crippen LogP contribution in [0.25, 0.3) is 0 Å². The molecule has 7 nitrogen and oxygen atoms in total. The average Bonchev–Trinajstić information content (AvgIpc) is 2.46. The molecule has 1 atom stereocenters. The molecular weight excluding hydrogens is 409 g/mol. The van der Waals surface area contributed by atoms with E-state index in [1.807, 2.05) is 13.8 Å². The number of nitrogens with zero attached hydrogens (tertiary/aromatic N) is 2. The highest BCUT2D eigenvalue weighted by Gasteiger charge is 2.23. The Morgan fingerprint density at radius 3 is 2.52 bits per heavy atom. The minimum atomic E-state index is -0.244. The average molecular weight is 439 g/mol. The maximum atomic E-state index is 11.5. The molecule has 1 unspecified atom stereocenters. The smallest absolute Gasteiger partial charge is 0.222 e. The SMILES string of the molecule is CN=C(NCCNC(=O)C(C)C)N1CCCC(CC(N)=O)C1.I. The van der Waals surface area contributed by atoms with Gasteiger partial charge in [-0.15, -0.1) is 24.0 Å². The fraction of sp³-hybridized carbons (Fsp3) is 0.800. The van der Waals surface area contributed by atoms with Gasteiger partial charge in [-0.3, -0.25) is 14.6 Å². The van der Waals surface area contributed by atoms with Crippen molar-refractivity contribution in [1.29, 1.82) is 0 Å². The molecule has 134 valence electrons. The lowest BCUT2D eigenvalue weighted by molar-refractivity contribution is -0.124. The van der Waals surface area contributed by atoms with Crippen molar-refractivity contribution in [3.63, 3.8) is 0 Å². The molecular formula is C15H30IN5O2. The topological polar surface area (TPSA) is 99.8 Å². The lowest BCUT2D eigenvalue weighted by atomic mass is 9.95. The van der Waals surface area contributed by atoms with Crippen LogP contribution in [-0.2, 0) is 9.59 Å². The number of hydrogen-bond donors (Lipinski definition) is 3. The van der Waals surface area contributed by atoms with Crippen molar-refractivity contribution in [2.24, 2.45) is 22.6 Å². The molecule has 0 aromatic carbocycles. The van der Waals surface area contributed by atoms with Gasteiger partial charge in [0, 0.05) is 45.6 Å². The Balaban J connectivity index is 0.00000484. The molecule has 1 fully saturated rings. The van der Waals surface area contributed by atoms with E-state index in [1.54, 1.807) is 7.05 Å². The maximum absolute atomic E-state index is 11.5. The number of likely N-dealkylation sites (tertiary alicyclic amines) is 1. The molecule has 0 aliphatic carbocycles. The van der Waals surface area contributed by atoms with Crippen molar-refractivity contribution in [2.45, 2.75) is 33.1 Å². The van der Waals surface area contributed by atoms with E-state index in [1.165, 1.54) is 0 Å². The number of rotatable bonds is 6. The van der Waals surface area contributed by atoms with E-state index in [9.17, 15) is 9.59 Å². The maximum Gasteiger partial charge on any atom is 0.222 e. The Morgan fingerprint density at radius 1 is 1.30 bits per heavy atom. The third kappa shape index (κ3) is 8.38. The summed E-state index contributed by atoms with van der Waals surface area (Å²) in [6.45, 7) is 6.65. The van der Waals surface area contributed by atoms with Gasteiger partial charge in [0.25, 0.3) is 0 Å². The molecule has 0 aromatic rings. The molecule has 2 amide bonds. The Hall–Kier alpha value is -1.06. The number of primary amides is 1. The molecule has 0 spiro atoms. The van der Waals surface area contributed by atoms with Gasteiger partial charge in [-0.25, -0.2) is 0 Å². The van der Waals surface area contributed by atoms with E-state index in [-0.39, 0.29) is 41.7 Å². The first-order chi connectivity index (χ1) is 10.4. The fourth-order valence-corrected chi connectivity index (χ4v) is 2.60.